The summed E-state index contributed by atoms with van der Waals surface area (Å²) < 4.78 is 18.7. The van der Waals surface area contributed by atoms with Gasteiger partial charge in [-0.15, -0.1) is 0 Å². The molecule has 2 rings (SSSR count). The Bertz CT molecular complexity index is 661. The van der Waals surface area contributed by atoms with Gasteiger partial charge in [-0.1, -0.05) is 17.7 Å². The van der Waals surface area contributed by atoms with Crippen molar-refractivity contribution in [1.29, 1.82) is 0 Å². The molecule has 1 amide bonds. The Balaban J connectivity index is 2.30. The lowest BCUT2D eigenvalue weighted by Gasteiger charge is -2.10. The average molecular weight is 296 g/mol. The van der Waals surface area contributed by atoms with Crippen molar-refractivity contribution in [2.24, 2.45) is 0 Å². The molecule has 0 aliphatic heterocycles. The number of rotatable bonds is 3. The topological polar surface area (TPSA) is 58.6 Å². The number of carbonyl (C=O) groups excluding carboxylic acids is 1. The number of phenols is 1. The highest BCUT2D eigenvalue weighted by Gasteiger charge is 2.17. The summed E-state index contributed by atoms with van der Waals surface area (Å²) in [6.45, 7) is 0. The number of phenolic OH excluding ortho intramolecular Hbond substituents is 1. The number of hydrogen-bond acceptors (Lipinski definition) is 3. The van der Waals surface area contributed by atoms with Crippen molar-refractivity contribution in [1.82, 2.24) is 0 Å². The first-order valence-corrected chi connectivity index (χ1v) is 6.03. The summed E-state index contributed by atoms with van der Waals surface area (Å²) in [5.74, 6) is -1.33. The van der Waals surface area contributed by atoms with Crippen LogP contribution in [0.15, 0.2) is 36.4 Å². The van der Waals surface area contributed by atoms with Crippen LogP contribution in [0.3, 0.4) is 0 Å². The quantitative estimate of drug-likeness (QED) is 0.853. The zero-order valence-corrected chi connectivity index (χ0v) is 11.2. The number of methoxy groups -OCH3 is 1. The van der Waals surface area contributed by atoms with Gasteiger partial charge in [0, 0.05) is 5.69 Å². The molecule has 0 aliphatic carbocycles. The van der Waals surface area contributed by atoms with Gasteiger partial charge in [-0.2, -0.15) is 0 Å². The van der Waals surface area contributed by atoms with Crippen LogP contribution in [0.1, 0.15) is 10.4 Å². The van der Waals surface area contributed by atoms with Crippen LogP contribution in [-0.2, 0) is 0 Å². The van der Waals surface area contributed by atoms with Gasteiger partial charge in [-0.3, -0.25) is 4.79 Å². The molecule has 2 aromatic carbocycles. The standard InChI is InChI=1S/C14H11ClFNO3/c1-20-12-4-2-3-10(16)13(12)14(19)17-8-5-6-11(18)9(15)7-8/h2-7,18H,1H3,(H,17,19). The van der Waals surface area contributed by atoms with Gasteiger partial charge in [0.2, 0.25) is 0 Å². The van der Waals surface area contributed by atoms with E-state index in [2.05, 4.69) is 5.32 Å². The predicted molar refractivity (Wildman–Crippen MR) is 74.0 cm³/mol. The minimum Gasteiger partial charge on any atom is -0.506 e. The number of aromatic hydroxyl groups is 1. The second-order valence-corrected chi connectivity index (χ2v) is 4.34. The molecule has 104 valence electrons. The van der Waals surface area contributed by atoms with Crippen molar-refractivity contribution in [3.8, 4) is 11.5 Å². The maximum Gasteiger partial charge on any atom is 0.262 e. The summed E-state index contributed by atoms with van der Waals surface area (Å²) in [5.41, 5.74) is 0.141. The molecule has 2 aromatic rings. The van der Waals surface area contributed by atoms with Crippen LogP contribution in [0.2, 0.25) is 5.02 Å². The zero-order valence-electron chi connectivity index (χ0n) is 10.5. The van der Waals surface area contributed by atoms with Crippen molar-refractivity contribution in [3.05, 3.63) is 52.8 Å². The molecule has 0 heterocycles. The number of halogens is 2. The third-order valence-corrected chi connectivity index (χ3v) is 2.93. The molecule has 2 N–H and O–H groups in total. The molecule has 0 aromatic heterocycles. The molecular formula is C14H11ClFNO3. The summed E-state index contributed by atoms with van der Waals surface area (Å²) >= 11 is 5.73. The van der Waals surface area contributed by atoms with Crippen LogP contribution in [0.5, 0.6) is 11.5 Å². The smallest absolute Gasteiger partial charge is 0.262 e. The Morgan fingerprint density at radius 3 is 2.75 bits per heavy atom. The monoisotopic (exact) mass is 295 g/mol. The predicted octanol–water partition coefficient (Wildman–Crippen LogP) is 3.45. The third kappa shape index (κ3) is 2.83. The van der Waals surface area contributed by atoms with E-state index >= 15 is 0 Å². The maximum atomic E-state index is 13.7. The molecule has 6 heteroatoms. The molecule has 0 saturated heterocycles. The molecule has 4 nitrogen and oxygen atoms in total. The number of carbonyl (C=O) groups is 1. The highest BCUT2D eigenvalue weighted by molar-refractivity contribution is 6.32. The number of hydrogen-bond donors (Lipinski definition) is 2. The van der Waals surface area contributed by atoms with Gasteiger partial charge in [0.15, 0.2) is 0 Å². The summed E-state index contributed by atoms with van der Waals surface area (Å²) in [6.07, 6.45) is 0. The first kappa shape index (κ1) is 14.1. The molecular weight excluding hydrogens is 285 g/mol. The van der Waals surface area contributed by atoms with Crippen LogP contribution in [-0.4, -0.2) is 18.1 Å². The van der Waals surface area contributed by atoms with Gasteiger partial charge < -0.3 is 15.2 Å². The van der Waals surface area contributed by atoms with Crippen LogP contribution >= 0.6 is 11.6 Å². The van der Waals surface area contributed by atoms with Gasteiger partial charge in [0.1, 0.15) is 22.9 Å². The van der Waals surface area contributed by atoms with E-state index in [0.29, 0.717) is 5.69 Å². The van der Waals surface area contributed by atoms with E-state index in [9.17, 15) is 14.3 Å². The first-order chi connectivity index (χ1) is 9.52. The second kappa shape index (κ2) is 5.79. The lowest BCUT2D eigenvalue weighted by Crippen LogP contribution is -2.15. The Hall–Kier alpha value is -2.27. The normalized spacial score (nSPS) is 10.2. The van der Waals surface area contributed by atoms with E-state index in [4.69, 9.17) is 16.3 Å². The number of ether oxygens (including phenoxy) is 1. The zero-order chi connectivity index (χ0) is 14.7. The van der Waals surface area contributed by atoms with E-state index in [0.717, 1.165) is 0 Å². The Morgan fingerprint density at radius 1 is 1.35 bits per heavy atom. The summed E-state index contributed by atoms with van der Waals surface area (Å²) in [5, 5.41) is 11.9. The minimum atomic E-state index is -0.688. The van der Waals surface area contributed by atoms with Gasteiger partial charge in [0.25, 0.3) is 5.91 Å². The molecule has 0 bridgehead atoms. The van der Waals surface area contributed by atoms with Gasteiger partial charge in [0.05, 0.1) is 12.1 Å². The summed E-state index contributed by atoms with van der Waals surface area (Å²) in [4.78, 5) is 12.1. The maximum absolute atomic E-state index is 13.7. The Morgan fingerprint density at radius 2 is 2.10 bits per heavy atom. The van der Waals surface area contributed by atoms with Crippen LogP contribution < -0.4 is 10.1 Å². The summed E-state index contributed by atoms with van der Waals surface area (Å²) in [7, 11) is 1.35. The molecule has 0 saturated carbocycles. The van der Waals surface area contributed by atoms with E-state index in [1.165, 1.54) is 43.5 Å². The fourth-order valence-corrected chi connectivity index (χ4v) is 1.85. The molecule has 0 atom stereocenters. The van der Waals surface area contributed by atoms with E-state index < -0.39 is 11.7 Å². The largest absolute Gasteiger partial charge is 0.506 e. The number of anilines is 1. The SMILES string of the molecule is COc1cccc(F)c1C(=O)Nc1ccc(O)c(Cl)c1. The second-order valence-electron chi connectivity index (χ2n) is 3.94. The van der Waals surface area contributed by atoms with Gasteiger partial charge >= 0.3 is 0 Å². The van der Waals surface area contributed by atoms with Gasteiger partial charge in [-0.05, 0) is 30.3 Å². The fourth-order valence-electron chi connectivity index (χ4n) is 1.67. The molecule has 0 unspecified atom stereocenters. The third-order valence-electron chi connectivity index (χ3n) is 2.63. The minimum absolute atomic E-state index is 0.0864. The Kier molecular flexibility index (Phi) is 4.10. The number of nitrogens with one attached hydrogen (secondary N) is 1. The van der Waals surface area contributed by atoms with Crippen LogP contribution in [0.4, 0.5) is 10.1 Å². The molecule has 0 aliphatic rings. The van der Waals surface area contributed by atoms with Crippen LogP contribution in [0, 0.1) is 5.82 Å². The molecule has 0 fully saturated rings. The Labute approximate surface area is 119 Å². The van der Waals surface area contributed by atoms with E-state index in [1.54, 1.807) is 0 Å². The van der Waals surface area contributed by atoms with Crippen molar-refractivity contribution in [2.75, 3.05) is 12.4 Å². The lowest BCUT2D eigenvalue weighted by atomic mass is 10.1. The van der Waals surface area contributed by atoms with Crippen molar-refractivity contribution < 1.29 is 19.0 Å². The highest BCUT2D eigenvalue weighted by Crippen LogP contribution is 2.27. The fraction of sp³-hybridized carbons (Fsp3) is 0.0714. The van der Waals surface area contributed by atoms with Gasteiger partial charge in [-0.25, -0.2) is 4.39 Å². The number of benzene rings is 2. The average Bonchev–Trinajstić information content (AvgIpc) is 2.42. The van der Waals surface area contributed by atoms with Crippen molar-refractivity contribution in [2.45, 2.75) is 0 Å². The highest BCUT2D eigenvalue weighted by atomic mass is 35.5. The molecule has 0 spiro atoms. The lowest BCUT2D eigenvalue weighted by molar-refractivity contribution is 0.102. The van der Waals surface area contributed by atoms with E-state index in [1.807, 2.05) is 0 Å². The first-order valence-electron chi connectivity index (χ1n) is 5.65. The van der Waals surface area contributed by atoms with E-state index in [-0.39, 0.29) is 22.1 Å². The van der Waals surface area contributed by atoms with Crippen molar-refractivity contribution >= 4 is 23.2 Å². The summed E-state index contributed by atoms with van der Waals surface area (Å²) in [6, 6.07) is 8.25. The van der Waals surface area contributed by atoms with Crippen molar-refractivity contribution in [3.63, 3.8) is 0 Å². The number of amides is 1. The molecule has 0 radical (unpaired) electrons. The molecule has 20 heavy (non-hydrogen) atoms. The van der Waals surface area contributed by atoms with Crippen LogP contribution in [0.25, 0.3) is 0 Å².